The summed E-state index contributed by atoms with van der Waals surface area (Å²) in [5.74, 6) is -0.173. The van der Waals surface area contributed by atoms with E-state index >= 15 is 0 Å². The minimum absolute atomic E-state index is 0.0782. The molecule has 0 heterocycles. The lowest BCUT2D eigenvalue weighted by molar-refractivity contribution is 0.0953. The summed E-state index contributed by atoms with van der Waals surface area (Å²) in [7, 11) is 0. The Morgan fingerprint density at radius 3 is 2.64 bits per heavy atom. The number of carbonyl (C=O) groups is 1. The monoisotopic (exact) mass is 192 g/mol. The van der Waals surface area contributed by atoms with E-state index in [1.807, 2.05) is 0 Å². The van der Waals surface area contributed by atoms with Gasteiger partial charge < -0.3 is 0 Å². The van der Waals surface area contributed by atoms with Gasteiger partial charge in [-0.3, -0.25) is 4.79 Å². The van der Waals surface area contributed by atoms with Crippen LogP contribution in [-0.4, -0.2) is 5.78 Å². The van der Waals surface area contributed by atoms with E-state index < -0.39 is 0 Å². The van der Waals surface area contributed by atoms with Gasteiger partial charge in [0.25, 0.3) is 0 Å². The minimum Gasteiger partial charge on any atom is -0.294 e. The maximum absolute atomic E-state index is 12.9. The molecule has 0 spiro atoms. The molecular weight excluding hydrogens is 179 g/mol. The molecule has 0 bridgehead atoms. The fourth-order valence-electron chi connectivity index (χ4n) is 1.76. The summed E-state index contributed by atoms with van der Waals surface area (Å²) in [6.45, 7) is 4.13. The minimum atomic E-state index is -0.339. The fourth-order valence-corrected chi connectivity index (χ4v) is 1.76. The maximum atomic E-state index is 12.9. The Kier molecular flexibility index (Phi) is 1.95. The summed E-state index contributed by atoms with van der Waals surface area (Å²) >= 11 is 0. The molecule has 0 amide bonds. The summed E-state index contributed by atoms with van der Waals surface area (Å²) < 4.78 is 12.9. The number of benzene rings is 1. The first kappa shape index (κ1) is 9.38. The maximum Gasteiger partial charge on any atom is 0.166 e. The standard InChI is InChI=1S/C12H13FO/c1-12(2)7-10(12)11(14)8-4-3-5-9(13)6-8/h3-6,10H,7H2,1-2H3. The van der Waals surface area contributed by atoms with Crippen LogP contribution in [0.15, 0.2) is 24.3 Å². The first-order chi connectivity index (χ1) is 6.50. The second-order valence-electron chi connectivity index (χ2n) is 4.62. The Hall–Kier alpha value is -1.18. The van der Waals surface area contributed by atoms with Gasteiger partial charge in [-0.05, 0) is 24.0 Å². The summed E-state index contributed by atoms with van der Waals surface area (Å²) in [4.78, 5) is 11.8. The third-order valence-corrected chi connectivity index (χ3v) is 2.94. The zero-order valence-corrected chi connectivity index (χ0v) is 8.38. The van der Waals surface area contributed by atoms with Crippen molar-refractivity contribution in [2.24, 2.45) is 11.3 Å². The van der Waals surface area contributed by atoms with Gasteiger partial charge in [-0.2, -0.15) is 0 Å². The lowest BCUT2D eigenvalue weighted by atomic mass is 10.0. The number of hydrogen-bond acceptors (Lipinski definition) is 1. The van der Waals surface area contributed by atoms with Crippen molar-refractivity contribution in [1.82, 2.24) is 0 Å². The van der Waals surface area contributed by atoms with Gasteiger partial charge in [-0.15, -0.1) is 0 Å². The normalized spacial score (nSPS) is 23.2. The first-order valence-electron chi connectivity index (χ1n) is 4.80. The average Bonchev–Trinajstić information content (AvgIpc) is 2.74. The van der Waals surface area contributed by atoms with Gasteiger partial charge in [0.1, 0.15) is 5.82 Å². The van der Waals surface area contributed by atoms with Crippen molar-refractivity contribution in [3.63, 3.8) is 0 Å². The van der Waals surface area contributed by atoms with E-state index in [2.05, 4.69) is 13.8 Å². The van der Waals surface area contributed by atoms with Crippen LogP contribution in [0.4, 0.5) is 4.39 Å². The molecule has 0 saturated heterocycles. The van der Waals surface area contributed by atoms with Crippen molar-refractivity contribution < 1.29 is 9.18 Å². The highest BCUT2D eigenvalue weighted by molar-refractivity contribution is 6.00. The number of Topliss-reactive ketones (excluding diaryl/α,β-unsaturated/α-hetero) is 1. The van der Waals surface area contributed by atoms with Gasteiger partial charge in [0, 0.05) is 11.5 Å². The smallest absolute Gasteiger partial charge is 0.166 e. The predicted molar refractivity (Wildman–Crippen MR) is 52.6 cm³/mol. The Bertz CT molecular complexity index is 382. The van der Waals surface area contributed by atoms with Crippen molar-refractivity contribution in [2.75, 3.05) is 0 Å². The average molecular weight is 192 g/mol. The van der Waals surface area contributed by atoms with Crippen molar-refractivity contribution in [1.29, 1.82) is 0 Å². The molecular formula is C12H13FO. The topological polar surface area (TPSA) is 17.1 Å². The van der Waals surface area contributed by atoms with Crippen molar-refractivity contribution in [2.45, 2.75) is 20.3 Å². The number of halogens is 1. The van der Waals surface area contributed by atoms with Gasteiger partial charge in [-0.1, -0.05) is 26.0 Å². The van der Waals surface area contributed by atoms with Crippen LogP contribution in [-0.2, 0) is 0 Å². The van der Waals surface area contributed by atoms with Crippen LogP contribution in [0.5, 0.6) is 0 Å². The molecule has 2 rings (SSSR count). The van der Waals surface area contributed by atoms with E-state index in [-0.39, 0.29) is 22.9 Å². The molecule has 0 N–H and O–H groups in total. The Morgan fingerprint density at radius 2 is 2.14 bits per heavy atom. The zero-order chi connectivity index (χ0) is 10.3. The third kappa shape index (κ3) is 1.57. The van der Waals surface area contributed by atoms with E-state index in [1.165, 1.54) is 12.1 Å². The van der Waals surface area contributed by atoms with Crippen molar-refractivity contribution >= 4 is 5.78 Å². The first-order valence-corrected chi connectivity index (χ1v) is 4.80. The molecule has 14 heavy (non-hydrogen) atoms. The molecule has 1 nitrogen and oxygen atoms in total. The van der Waals surface area contributed by atoms with Crippen LogP contribution in [0, 0.1) is 17.2 Å². The van der Waals surface area contributed by atoms with Crippen LogP contribution in [0.3, 0.4) is 0 Å². The molecule has 0 aromatic heterocycles. The van der Waals surface area contributed by atoms with Crippen molar-refractivity contribution in [3.05, 3.63) is 35.6 Å². The molecule has 1 aromatic carbocycles. The van der Waals surface area contributed by atoms with Gasteiger partial charge in [0.05, 0.1) is 0 Å². The second-order valence-corrected chi connectivity index (χ2v) is 4.62. The predicted octanol–water partition coefficient (Wildman–Crippen LogP) is 3.05. The van der Waals surface area contributed by atoms with Crippen molar-refractivity contribution in [3.8, 4) is 0 Å². The van der Waals surface area contributed by atoms with Crippen LogP contribution < -0.4 is 0 Å². The number of ketones is 1. The highest BCUT2D eigenvalue weighted by Crippen LogP contribution is 2.53. The highest BCUT2D eigenvalue weighted by Gasteiger charge is 2.50. The molecule has 1 aromatic rings. The quantitative estimate of drug-likeness (QED) is 0.658. The molecule has 2 heteroatoms. The Morgan fingerprint density at radius 1 is 1.50 bits per heavy atom. The Balaban J connectivity index is 2.21. The molecule has 74 valence electrons. The fraction of sp³-hybridized carbons (Fsp3) is 0.417. The summed E-state index contributed by atoms with van der Waals surface area (Å²) in [6.07, 6.45) is 0.919. The number of hydrogen-bond donors (Lipinski definition) is 0. The molecule has 1 aliphatic rings. The van der Waals surface area contributed by atoms with Crippen LogP contribution in [0.2, 0.25) is 0 Å². The largest absolute Gasteiger partial charge is 0.294 e. The van der Waals surface area contributed by atoms with Gasteiger partial charge in [-0.25, -0.2) is 4.39 Å². The number of rotatable bonds is 2. The van der Waals surface area contributed by atoms with Crippen LogP contribution in [0.25, 0.3) is 0 Å². The SMILES string of the molecule is CC1(C)CC1C(=O)c1cccc(F)c1. The molecule has 0 radical (unpaired) electrons. The lowest BCUT2D eigenvalue weighted by Gasteiger charge is -2.02. The summed E-state index contributed by atoms with van der Waals surface area (Å²) in [5.41, 5.74) is 0.615. The second kappa shape index (κ2) is 2.91. The molecule has 1 atom stereocenters. The lowest BCUT2D eigenvalue weighted by Crippen LogP contribution is -2.06. The molecule has 1 aliphatic carbocycles. The summed E-state index contributed by atoms with van der Waals surface area (Å²) in [6, 6.07) is 5.93. The van der Waals surface area contributed by atoms with E-state index in [0.717, 1.165) is 6.42 Å². The summed E-state index contributed by atoms with van der Waals surface area (Å²) in [5, 5.41) is 0. The third-order valence-electron chi connectivity index (χ3n) is 2.94. The van der Waals surface area contributed by atoms with E-state index in [0.29, 0.717) is 5.56 Å². The molecule has 0 aliphatic heterocycles. The molecule has 1 unspecified atom stereocenters. The zero-order valence-electron chi connectivity index (χ0n) is 8.38. The van der Waals surface area contributed by atoms with E-state index in [1.54, 1.807) is 12.1 Å². The molecule has 1 fully saturated rings. The van der Waals surface area contributed by atoms with Crippen LogP contribution in [0.1, 0.15) is 30.6 Å². The van der Waals surface area contributed by atoms with Gasteiger partial charge in [0.2, 0.25) is 0 Å². The number of carbonyl (C=O) groups excluding carboxylic acids is 1. The molecule has 1 saturated carbocycles. The van der Waals surface area contributed by atoms with Crippen LogP contribution >= 0.6 is 0 Å². The van der Waals surface area contributed by atoms with E-state index in [9.17, 15) is 9.18 Å². The highest BCUT2D eigenvalue weighted by atomic mass is 19.1. The Labute approximate surface area is 82.9 Å². The van der Waals surface area contributed by atoms with E-state index in [4.69, 9.17) is 0 Å². The van der Waals surface area contributed by atoms with Gasteiger partial charge >= 0.3 is 0 Å². The van der Waals surface area contributed by atoms with Gasteiger partial charge in [0.15, 0.2) is 5.78 Å².